The van der Waals surface area contributed by atoms with Crippen LogP contribution in [0.15, 0.2) is 48.8 Å². The number of fused-ring (bicyclic) bond motifs is 1. The number of aromatic nitrogens is 5. The number of halogens is 3. The third-order valence-corrected chi connectivity index (χ3v) is 4.67. The molecule has 4 N–H and O–H groups in total. The number of benzene rings is 1. The van der Waals surface area contributed by atoms with E-state index in [1.807, 2.05) is 0 Å². The average molecular weight is 490 g/mol. The normalized spacial score (nSPS) is 12.5. The highest BCUT2D eigenvalue weighted by molar-refractivity contribution is 6.04. The van der Waals surface area contributed by atoms with Crippen LogP contribution >= 0.6 is 0 Å². The second kappa shape index (κ2) is 9.52. The van der Waals surface area contributed by atoms with Crippen molar-refractivity contribution in [1.82, 2.24) is 24.6 Å². The van der Waals surface area contributed by atoms with Crippen molar-refractivity contribution in [3.05, 3.63) is 60.0 Å². The minimum absolute atomic E-state index is 0.0158. The number of carbonyl (C=O) groups is 1. The Morgan fingerprint density at radius 3 is 2.66 bits per heavy atom. The maximum absolute atomic E-state index is 13.5. The minimum atomic E-state index is -4.64. The number of nitrogens with zero attached hydrogens (tertiary/aromatic N) is 5. The molecule has 0 radical (unpaired) electrons. The van der Waals surface area contributed by atoms with E-state index in [1.54, 1.807) is 0 Å². The Kier molecular flexibility index (Phi) is 6.48. The summed E-state index contributed by atoms with van der Waals surface area (Å²) in [6, 6.07) is 7.42. The fourth-order valence-corrected chi connectivity index (χ4v) is 3.10. The summed E-state index contributed by atoms with van der Waals surface area (Å²) >= 11 is 0. The lowest BCUT2D eigenvalue weighted by Crippen LogP contribution is -2.22. The molecule has 4 aromatic rings. The number of ether oxygens (including phenoxy) is 1. The van der Waals surface area contributed by atoms with E-state index in [2.05, 4.69) is 25.4 Å². The zero-order valence-corrected chi connectivity index (χ0v) is 17.6. The van der Waals surface area contributed by atoms with Gasteiger partial charge in [0.05, 0.1) is 30.3 Å². The molecule has 14 heteroatoms. The number of carbonyl (C=O) groups excluding carboxylic acids is 1. The lowest BCUT2D eigenvalue weighted by atomic mass is 10.0. The molecule has 1 aromatic carbocycles. The van der Waals surface area contributed by atoms with E-state index < -0.39 is 41.9 Å². The van der Waals surface area contributed by atoms with Crippen molar-refractivity contribution in [1.29, 1.82) is 0 Å². The van der Waals surface area contributed by atoms with Gasteiger partial charge in [0, 0.05) is 5.56 Å². The molecule has 0 aliphatic heterocycles. The molecule has 1 unspecified atom stereocenters. The molecule has 182 valence electrons. The molecular weight excluding hydrogens is 473 g/mol. The number of imidazole rings is 1. The molecule has 1 atom stereocenters. The van der Waals surface area contributed by atoms with Gasteiger partial charge in [0.25, 0.3) is 5.91 Å². The predicted molar refractivity (Wildman–Crippen MR) is 114 cm³/mol. The average Bonchev–Trinajstić information content (AvgIpc) is 3.17. The number of rotatable bonds is 7. The molecule has 4 rings (SSSR count). The van der Waals surface area contributed by atoms with E-state index in [-0.39, 0.29) is 35.2 Å². The molecule has 3 aromatic heterocycles. The fourth-order valence-electron chi connectivity index (χ4n) is 3.10. The first kappa shape index (κ1) is 23.8. The summed E-state index contributed by atoms with van der Waals surface area (Å²) in [5.41, 5.74) is -1.67. The maximum atomic E-state index is 13.5. The van der Waals surface area contributed by atoms with E-state index >= 15 is 0 Å². The molecule has 0 bridgehead atoms. The molecule has 0 aliphatic rings. The van der Waals surface area contributed by atoms with Gasteiger partial charge in [0.2, 0.25) is 11.8 Å². The summed E-state index contributed by atoms with van der Waals surface area (Å²) < 4.78 is 46.4. The highest BCUT2D eigenvalue weighted by atomic mass is 19.4. The molecular formula is C21H17F3N6O5. The third kappa shape index (κ3) is 5.12. The van der Waals surface area contributed by atoms with Gasteiger partial charge >= 0.3 is 6.18 Å². The van der Waals surface area contributed by atoms with Crippen molar-refractivity contribution in [3.8, 4) is 23.0 Å². The molecule has 0 aliphatic carbocycles. The Hall–Kier alpha value is -4.30. The molecule has 35 heavy (non-hydrogen) atoms. The van der Waals surface area contributed by atoms with Crippen LogP contribution in [0.2, 0.25) is 0 Å². The largest absolute Gasteiger partial charge is 0.492 e. The summed E-state index contributed by atoms with van der Waals surface area (Å²) in [6.45, 7) is -0.803. The van der Waals surface area contributed by atoms with Gasteiger partial charge in [-0.05, 0) is 18.2 Å². The summed E-state index contributed by atoms with van der Waals surface area (Å²) in [5.74, 6) is -1.80. The van der Waals surface area contributed by atoms with E-state index in [0.717, 1.165) is 10.6 Å². The SMILES string of the molecule is O=C(Nc1cncc(OCC(O)CO)n1)c1c(O)nc2ccc(-c3ccccc3C(F)(F)F)nn12. The van der Waals surface area contributed by atoms with Crippen LogP contribution in [0.1, 0.15) is 16.1 Å². The number of alkyl halides is 3. The standard InChI is InChI=1S/C21H17F3N6O5/c22-21(23,24)13-4-2-1-3-12(13)14-5-6-16-28-20(34)18(30(16)29-14)19(33)27-15-7-25-8-17(26-15)35-10-11(32)9-31/h1-8,11,31-32,34H,9-10H2,(H,26,27,33). The zero-order valence-electron chi connectivity index (χ0n) is 17.6. The maximum Gasteiger partial charge on any atom is 0.417 e. The zero-order chi connectivity index (χ0) is 25.2. The van der Waals surface area contributed by atoms with Crippen LogP contribution in [-0.2, 0) is 6.18 Å². The number of hydrogen-bond donors (Lipinski definition) is 4. The van der Waals surface area contributed by atoms with Gasteiger partial charge in [-0.1, -0.05) is 18.2 Å². The van der Waals surface area contributed by atoms with Crippen LogP contribution in [-0.4, -0.2) is 65.1 Å². The van der Waals surface area contributed by atoms with Gasteiger partial charge in [0.1, 0.15) is 12.7 Å². The first-order valence-electron chi connectivity index (χ1n) is 9.98. The summed E-state index contributed by atoms with van der Waals surface area (Å²) in [7, 11) is 0. The van der Waals surface area contributed by atoms with Crippen LogP contribution in [0.5, 0.6) is 11.8 Å². The van der Waals surface area contributed by atoms with Crippen LogP contribution in [0, 0.1) is 0 Å². The van der Waals surface area contributed by atoms with Crippen LogP contribution < -0.4 is 10.1 Å². The number of amides is 1. The van der Waals surface area contributed by atoms with Crippen molar-refractivity contribution < 1.29 is 38.0 Å². The predicted octanol–water partition coefficient (Wildman–Crippen LogP) is 1.89. The van der Waals surface area contributed by atoms with E-state index in [4.69, 9.17) is 9.84 Å². The minimum Gasteiger partial charge on any atom is -0.492 e. The quantitative estimate of drug-likeness (QED) is 0.304. The highest BCUT2D eigenvalue weighted by Crippen LogP contribution is 2.36. The van der Waals surface area contributed by atoms with Crippen molar-refractivity contribution in [2.45, 2.75) is 12.3 Å². The van der Waals surface area contributed by atoms with E-state index in [1.165, 1.54) is 42.7 Å². The van der Waals surface area contributed by atoms with Gasteiger partial charge in [0.15, 0.2) is 17.2 Å². The van der Waals surface area contributed by atoms with Gasteiger partial charge in [-0.3, -0.25) is 9.78 Å². The number of aliphatic hydroxyl groups excluding tert-OH is 2. The van der Waals surface area contributed by atoms with Crippen LogP contribution in [0.25, 0.3) is 16.9 Å². The summed E-state index contributed by atoms with van der Waals surface area (Å²) in [4.78, 5) is 24.5. The van der Waals surface area contributed by atoms with Gasteiger partial charge in [-0.25, -0.2) is 4.52 Å². The first-order valence-corrected chi connectivity index (χ1v) is 9.98. The van der Waals surface area contributed by atoms with E-state index in [0.29, 0.717) is 0 Å². The fraction of sp³-hybridized carbons (Fsp3) is 0.190. The Morgan fingerprint density at radius 2 is 1.91 bits per heavy atom. The van der Waals surface area contributed by atoms with Crippen molar-refractivity contribution in [2.75, 3.05) is 18.5 Å². The number of nitrogens with one attached hydrogen (secondary N) is 1. The second-order valence-electron chi connectivity index (χ2n) is 7.16. The smallest absolute Gasteiger partial charge is 0.417 e. The number of aromatic hydroxyl groups is 1. The van der Waals surface area contributed by atoms with Gasteiger partial charge in [-0.2, -0.15) is 28.2 Å². The third-order valence-electron chi connectivity index (χ3n) is 4.67. The van der Waals surface area contributed by atoms with Crippen molar-refractivity contribution in [3.63, 3.8) is 0 Å². The number of hydrogen-bond acceptors (Lipinski definition) is 9. The lowest BCUT2D eigenvalue weighted by molar-refractivity contribution is -0.137. The second-order valence-corrected chi connectivity index (χ2v) is 7.16. The molecule has 0 saturated carbocycles. The van der Waals surface area contributed by atoms with Gasteiger partial charge in [-0.15, -0.1) is 0 Å². The van der Waals surface area contributed by atoms with E-state index in [9.17, 15) is 28.2 Å². The Morgan fingerprint density at radius 1 is 1.14 bits per heavy atom. The monoisotopic (exact) mass is 490 g/mol. The van der Waals surface area contributed by atoms with Crippen LogP contribution in [0.3, 0.4) is 0 Å². The Balaban J connectivity index is 1.66. The Labute approximate surface area is 194 Å². The van der Waals surface area contributed by atoms with Crippen molar-refractivity contribution >= 4 is 17.4 Å². The molecule has 1 amide bonds. The first-order chi connectivity index (χ1) is 16.7. The number of anilines is 1. The van der Waals surface area contributed by atoms with Crippen molar-refractivity contribution in [2.24, 2.45) is 0 Å². The highest BCUT2D eigenvalue weighted by Gasteiger charge is 2.34. The molecule has 3 heterocycles. The summed E-state index contributed by atoms with van der Waals surface area (Å²) in [6.07, 6.45) is -3.40. The molecule has 0 saturated heterocycles. The molecule has 11 nitrogen and oxygen atoms in total. The lowest BCUT2D eigenvalue weighted by Gasteiger charge is -2.12. The van der Waals surface area contributed by atoms with Gasteiger partial charge < -0.3 is 25.4 Å². The topological polar surface area (TPSA) is 155 Å². The molecule has 0 spiro atoms. The summed E-state index contributed by atoms with van der Waals surface area (Å²) in [5, 5.41) is 34.9. The Bertz CT molecular complexity index is 1380. The van der Waals surface area contributed by atoms with Crippen LogP contribution in [0.4, 0.5) is 19.0 Å². The number of aliphatic hydroxyl groups is 2. The molecule has 0 fully saturated rings.